The Labute approximate surface area is 83.8 Å². The second-order valence-corrected chi connectivity index (χ2v) is 3.75. The number of esters is 1. The van der Waals surface area contributed by atoms with E-state index in [2.05, 4.69) is 0 Å². The van der Waals surface area contributed by atoms with Crippen molar-refractivity contribution in [2.45, 2.75) is 51.0 Å². The number of nitrogens with two attached hydrogens (primary N) is 1. The molecular formula is C10H17NO3. The molecule has 80 valence electrons. The van der Waals surface area contributed by atoms with Gasteiger partial charge in [0.25, 0.3) is 5.91 Å². The van der Waals surface area contributed by atoms with Crippen LogP contribution in [0.3, 0.4) is 0 Å². The molecule has 1 saturated carbocycles. The molecule has 0 bridgehead atoms. The summed E-state index contributed by atoms with van der Waals surface area (Å²) in [5.41, 5.74) is 4.28. The van der Waals surface area contributed by atoms with E-state index in [-0.39, 0.29) is 12.4 Å². The standard InChI is InChI=1S/C10H17NO3/c1-2-8(12)14-10(9(11)13)6-4-3-5-7-10/h2-7H2,1H3,(H2,11,13). The first-order chi connectivity index (χ1) is 6.60. The quantitative estimate of drug-likeness (QED) is 0.692. The van der Waals surface area contributed by atoms with Gasteiger partial charge in [0, 0.05) is 6.42 Å². The number of rotatable bonds is 3. The zero-order valence-electron chi connectivity index (χ0n) is 8.54. The Morgan fingerprint density at radius 1 is 1.29 bits per heavy atom. The molecule has 1 amide bonds. The van der Waals surface area contributed by atoms with Crippen LogP contribution in [0.1, 0.15) is 45.4 Å². The van der Waals surface area contributed by atoms with Gasteiger partial charge in [0.15, 0.2) is 5.60 Å². The molecular weight excluding hydrogens is 182 g/mol. The van der Waals surface area contributed by atoms with Crippen molar-refractivity contribution in [3.63, 3.8) is 0 Å². The van der Waals surface area contributed by atoms with E-state index in [9.17, 15) is 9.59 Å². The van der Waals surface area contributed by atoms with E-state index >= 15 is 0 Å². The summed E-state index contributed by atoms with van der Waals surface area (Å²) in [6.45, 7) is 1.71. The van der Waals surface area contributed by atoms with Crippen LogP contribution in [0, 0.1) is 0 Å². The molecule has 0 atom stereocenters. The predicted molar refractivity (Wildman–Crippen MR) is 51.4 cm³/mol. The van der Waals surface area contributed by atoms with E-state index in [4.69, 9.17) is 10.5 Å². The minimum atomic E-state index is -1.01. The zero-order chi connectivity index (χ0) is 10.6. The lowest BCUT2D eigenvalue weighted by molar-refractivity contribution is -0.170. The van der Waals surface area contributed by atoms with Gasteiger partial charge in [-0.3, -0.25) is 9.59 Å². The molecule has 0 aromatic heterocycles. The minimum Gasteiger partial charge on any atom is -0.449 e. The van der Waals surface area contributed by atoms with Crippen LogP contribution in [-0.2, 0) is 14.3 Å². The van der Waals surface area contributed by atoms with Crippen molar-refractivity contribution >= 4 is 11.9 Å². The normalized spacial score (nSPS) is 20.1. The van der Waals surface area contributed by atoms with Gasteiger partial charge in [0.05, 0.1) is 0 Å². The Kier molecular flexibility index (Phi) is 3.49. The summed E-state index contributed by atoms with van der Waals surface area (Å²) in [5.74, 6) is -0.843. The van der Waals surface area contributed by atoms with Crippen molar-refractivity contribution in [3.8, 4) is 0 Å². The molecule has 4 heteroatoms. The summed E-state index contributed by atoms with van der Waals surface area (Å²) < 4.78 is 5.18. The van der Waals surface area contributed by atoms with E-state index in [1.165, 1.54) is 0 Å². The molecule has 0 aromatic carbocycles. The van der Waals surface area contributed by atoms with Gasteiger partial charge in [0.1, 0.15) is 0 Å². The first-order valence-corrected chi connectivity index (χ1v) is 5.12. The third kappa shape index (κ3) is 2.25. The predicted octanol–water partition coefficient (Wildman–Crippen LogP) is 1.13. The van der Waals surface area contributed by atoms with Crippen LogP contribution in [0.5, 0.6) is 0 Å². The Bertz CT molecular complexity index is 232. The Balaban J connectivity index is 2.70. The monoisotopic (exact) mass is 199 g/mol. The van der Waals surface area contributed by atoms with Gasteiger partial charge in [-0.05, 0) is 25.7 Å². The van der Waals surface area contributed by atoms with Crippen LogP contribution in [0.25, 0.3) is 0 Å². The average molecular weight is 199 g/mol. The summed E-state index contributed by atoms with van der Waals surface area (Å²) >= 11 is 0. The number of amides is 1. The van der Waals surface area contributed by atoms with Crippen molar-refractivity contribution in [1.29, 1.82) is 0 Å². The number of ether oxygens (including phenoxy) is 1. The van der Waals surface area contributed by atoms with Gasteiger partial charge in [0.2, 0.25) is 0 Å². The first kappa shape index (κ1) is 11.0. The second kappa shape index (κ2) is 4.44. The molecule has 0 unspecified atom stereocenters. The Morgan fingerprint density at radius 3 is 2.29 bits per heavy atom. The van der Waals surface area contributed by atoms with E-state index in [0.29, 0.717) is 12.8 Å². The van der Waals surface area contributed by atoms with Crippen molar-refractivity contribution < 1.29 is 14.3 Å². The smallest absolute Gasteiger partial charge is 0.306 e. The average Bonchev–Trinajstić information content (AvgIpc) is 2.19. The first-order valence-electron chi connectivity index (χ1n) is 5.12. The maximum Gasteiger partial charge on any atom is 0.306 e. The third-order valence-corrected chi connectivity index (χ3v) is 2.71. The van der Waals surface area contributed by atoms with Gasteiger partial charge in [-0.15, -0.1) is 0 Å². The lowest BCUT2D eigenvalue weighted by Gasteiger charge is -2.33. The molecule has 2 N–H and O–H groups in total. The Hall–Kier alpha value is -1.06. The van der Waals surface area contributed by atoms with Crippen LogP contribution in [0.15, 0.2) is 0 Å². The highest BCUT2D eigenvalue weighted by molar-refractivity contribution is 5.86. The zero-order valence-corrected chi connectivity index (χ0v) is 8.54. The van der Waals surface area contributed by atoms with E-state index < -0.39 is 11.5 Å². The van der Waals surface area contributed by atoms with Gasteiger partial charge in [-0.25, -0.2) is 0 Å². The highest BCUT2D eigenvalue weighted by atomic mass is 16.6. The molecule has 0 saturated heterocycles. The fraction of sp³-hybridized carbons (Fsp3) is 0.800. The third-order valence-electron chi connectivity index (χ3n) is 2.71. The minimum absolute atomic E-state index is 0.287. The molecule has 0 aliphatic heterocycles. The van der Waals surface area contributed by atoms with Crippen molar-refractivity contribution in [3.05, 3.63) is 0 Å². The molecule has 14 heavy (non-hydrogen) atoms. The summed E-state index contributed by atoms with van der Waals surface area (Å²) in [6, 6.07) is 0. The molecule has 4 nitrogen and oxygen atoms in total. The molecule has 1 aliphatic rings. The lowest BCUT2D eigenvalue weighted by atomic mass is 9.84. The lowest BCUT2D eigenvalue weighted by Crippen LogP contribution is -2.48. The molecule has 0 radical (unpaired) electrons. The fourth-order valence-corrected chi connectivity index (χ4v) is 1.81. The van der Waals surface area contributed by atoms with Gasteiger partial charge in [-0.2, -0.15) is 0 Å². The summed E-state index contributed by atoms with van der Waals surface area (Å²) in [4.78, 5) is 22.4. The largest absolute Gasteiger partial charge is 0.449 e. The van der Waals surface area contributed by atoms with Crippen LogP contribution < -0.4 is 5.73 Å². The van der Waals surface area contributed by atoms with Gasteiger partial charge < -0.3 is 10.5 Å². The highest BCUT2D eigenvalue weighted by Crippen LogP contribution is 2.31. The van der Waals surface area contributed by atoms with Gasteiger partial charge in [-0.1, -0.05) is 13.3 Å². The number of carbonyl (C=O) groups excluding carboxylic acids is 2. The Morgan fingerprint density at radius 2 is 1.86 bits per heavy atom. The van der Waals surface area contributed by atoms with Crippen LogP contribution in [-0.4, -0.2) is 17.5 Å². The number of carbonyl (C=O) groups is 2. The number of hydrogen-bond donors (Lipinski definition) is 1. The summed E-state index contributed by atoms with van der Waals surface area (Å²) in [7, 11) is 0. The molecule has 1 aliphatic carbocycles. The molecule has 0 spiro atoms. The summed E-state index contributed by atoms with van der Waals surface area (Å²) in [6.07, 6.45) is 4.33. The second-order valence-electron chi connectivity index (χ2n) is 3.75. The molecule has 0 heterocycles. The molecule has 1 fully saturated rings. The number of primary amides is 1. The van der Waals surface area contributed by atoms with Crippen molar-refractivity contribution in [2.75, 3.05) is 0 Å². The van der Waals surface area contributed by atoms with E-state index in [1.54, 1.807) is 6.92 Å². The SMILES string of the molecule is CCC(=O)OC1(C(N)=O)CCCCC1. The number of hydrogen-bond acceptors (Lipinski definition) is 3. The van der Waals surface area contributed by atoms with E-state index in [1.807, 2.05) is 0 Å². The van der Waals surface area contributed by atoms with Gasteiger partial charge >= 0.3 is 5.97 Å². The van der Waals surface area contributed by atoms with Crippen LogP contribution in [0.2, 0.25) is 0 Å². The molecule has 0 aromatic rings. The van der Waals surface area contributed by atoms with Crippen LogP contribution >= 0.6 is 0 Å². The van der Waals surface area contributed by atoms with Crippen molar-refractivity contribution in [2.24, 2.45) is 5.73 Å². The van der Waals surface area contributed by atoms with Crippen molar-refractivity contribution in [1.82, 2.24) is 0 Å². The fourth-order valence-electron chi connectivity index (χ4n) is 1.81. The van der Waals surface area contributed by atoms with E-state index in [0.717, 1.165) is 19.3 Å². The maximum atomic E-state index is 11.3. The maximum absolute atomic E-state index is 11.3. The molecule has 1 rings (SSSR count). The topological polar surface area (TPSA) is 69.4 Å². The highest BCUT2D eigenvalue weighted by Gasteiger charge is 2.41. The summed E-state index contributed by atoms with van der Waals surface area (Å²) in [5, 5.41) is 0. The van der Waals surface area contributed by atoms with Crippen LogP contribution in [0.4, 0.5) is 0 Å².